The molecule has 1 aliphatic heterocycles. The highest BCUT2D eigenvalue weighted by atomic mass is 16.5. The zero-order chi connectivity index (χ0) is 17.4. The van der Waals surface area contributed by atoms with Crippen LogP contribution in [0.2, 0.25) is 0 Å². The fourth-order valence-electron chi connectivity index (χ4n) is 2.67. The number of likely N-dealkylation sites (N-methyl/N-ethyl adjacent to an activating group) is 1. The second-order valence-corrected chi connectivity index (χ2v) is 5.10. The number of amides is 3. The second-order valence-electron chi connectivity index (χ2n) is 5.10. The average Bonchev–Trinajstić information content (AvgIpc) is 2.79. The highest BCUT2D eigenvalue weighted by molar-refractivity contribution is 5.78. The first-order chi connectivity index (χ1) is 11.1. The van der Waals surface area contributed by atoms with E-state index in [9.17, 15) is 9.59 Å². The molecule has 10 nitrogen and oxygen atoms in total. The molecule has 23 heavy (non-hydrogen) atoms. The van der Waals surface area contributed by atoms with Crippen molar-refractivity contribution < 1.29 is 28.5 Å². The molecule has 1 heterocycles. The Bertz CT molecular complexity index is 385. The zero-order valence-corrected chi connectivity index (χ0v) is 14.3. The number of hydrogen-bond donors (Lipinski definition) is 0. The summed E-state index contributed by atoms with van der Waals surface area (Å²) in [5, 5.41) is 0. The first-order valence-electron chi connectivity index (χ1n) is 7.01. The lowest BCUT2D eigenvalue weighted by Gasteiger charge is -2.38. The van der Waals surface area contributed by atoms with Gasteiger partial charge >= 0.3 is 6.03 Å². The van der Waals surface area contributed by atoms with Crippen molar-refractivity contribution >= 4 is 12.4 Å². The van der Waals surface area contributed by atoms with Gasteiger partial charge in [0.2, 0.25) is 6.41 Å². The van der Waals surface area contributed by atoms with E-state index in [0.29, 0.717) is 6.41 Å². The van der Waals surface area contributed by atoms with Crippen molar-refractivity contribution in [2.45, 2.75) is 12.3 Å². The maximum Gasteiger partial charge on any atom is 0.326 e. The third kappa shape index (κ3) is 4.30. The minimum atomic E-state index is -0.602. The van der Waals surface area contributed by atoms with Crippen molar-refractivity contribution in [2.24, 2.45) is 0 Å². The summed E-state index contributed by atoms with van der Waals surface area (Å²) >= 11 is 0. The predicted molar refractivity (Wildman–Crippen MR) is 79.8 cm³/mol. The molecule has 134 valence electrons. The van der Waals surface area contributed by atoms with Gasteiger partial charge in [-0.3, -0.25) is 24.4 Å². The van der Waals surface area contributed by atoms with Crippen LogP contribution < -0.4 is 0 Å². The number of methoxy groups -OCH3 is 4. The van der Waals surface area contributed by atoms with Crippen LogP contribution in [0.5, 0.6) is 0 Å². The van der Waals surface area contributed by atoms with E-state index < -0.39 is 12.3 Å². The first kappa shape index (κ1) is 19.6. The van der Waals surface area contributed by atoms with Gasteiger partial charge in [-0.1, -0.05) is 0 Å². The Morgan fingerprint density at radius 1 is 0.957 bits per heavy atom. The van der Waals surface area contributed by atoms with Crippen molar-refractivity contribution in [3.05, 3.63) is 0 Å². The van der Waals surface area contributed by atoms with Crippen LogP contribution in [-0.4, -0.2) is 107 Å². The number of rotatable bonds is 11. The molecule has 0 radical (unpaired) electrons. The Hall–Kier alpha value is -1.46. The molecule has 0 aromatic rings. The SMILES string of the molecule is COCN(C)C1C(N(C=O)COC)N(COC)C(=O)N1COC. The van der Waals surface area contributed by atoms with Gasteiger partial charge in [0.25, 0.3) is 0 Å². The molecule has 0 aromatic carbocycles. The maximum absolute atomic E-state index is 12.7. The zero-order valence-electron chi connectivity index (χ0n) is 14.3. The third-order valence-corrected chi connectivity index (χ3v) is 3.47. The summed E-state index contributed by atoms with van der Waals surface area (Å²) in [6.07, 6.45) is -0.429. The molecule has 0 aromatic heterocycles. The molecule has 0 bridgehead atoms. The molecular weight excluding hydrogens is 308 g/mol. The standard InChI is InChI=1S/C13H26N4O6/c1-14(7-20-2)11-12(15(6-18)8-21-3)17(10-23-5)13(19)16(11)9-22-4/h6,11-12H,7-10H2,1-5H3. The number of carbonyl (C=O) groups excluding carboxylic acids is 2. The summed E-state index contributed by atoms with van der Waals surface area (Å²) < 4.78 is 20.5. The van der Waals surface area contributed by atoms with E-state index in [1.807, 2.05) is 4.90 Å². The van der Waals surface area contributed by atoms with Crippen molar-refractivity contribution in [1.82, 2.24) is 19.6 Å². The maximum atomic E-state index is 12.7. The number of urea groups is 1. The molecule has 1 fully saturated rings. The van der Waals surface area contributed by atoms with Gasteiger partial charge in [0.05, 0.1) is 0 Å². The minimum absolute atomic E-state index is 0.0368. The molecule has 1 saturated heterocycles. The molecule has 1 aliphatic rings. The highest BCUT2D eigenvalue weighted by Crippen LogP contribution is 2.27. The van der Waals surface area contributed by atoms with Gasteiger partial charge < -0.3 is 18.9 Å². The summed E-state index contributed by atoms with van der Waals surface area (Å²) in [5.74, 6) is 0. The molecule has 2 atom stereocenters. The lowest BCUT2D eigenvalue weighted by Crippen LogP contribution is -2.57. The molecule has 2 unspecified atom stereocenters. The summed E-state index contributed by atoms with van der Waals surface area (Å²) in [6, 6.07) is -0.297. The molecule has 0 N–H and O–H groups in total. The van der Waals surface area contributed by atoms with Crippen molar-refractivity contribution in [3.8, 4) is 0 Å². The number of ether oxygens (including phenoxy) is 4. The molecule has 10 heteroatoms. The molecule has 1 rings (SSSR count). The Labute approximate surface area is 136 Å². The topological polar surface area (TPSA) is 84.0 Å². The Balaban J connectivity index is 3.20. The third-order valence-electron chi connectivity index (χ3n) is 3.47. The lowest BCUT2D eigenvalue weighted by atomic mass is 10.3. The minimum Gasteiger partial charge on any atom is -0.369 e. The van der Waals surface area contributed by atoms with E-state index in [1.54, 1.807) is 14.2 Å². The van der Waals surface area contributed by atoms with E-state index >= 15 is 0 Å². The number of carbonyl (C=O) groups is 2. The highest BCUT2D eigenvalue weighted by Gasteiger charge is 2.50. The van der Waals surface area contributed by atoms with Gasteiger partial charge in [0.1, 0.15) is 39.3 Å². The molecule has 3 amide bonds. The van der Waals surface area contributed by atoms with Gasteiger partial charge in [0.15, 0.2) is 0 Å². The van der Waals surface area contributed by atoms with Crippen molar-refractivity contribution in [3.63, 3.8) is 0 Å². The van der Waals surface area contributed by atoms with E-state index in [-0.39, 0.29) is 33.0 Å². The quantitative estimate of drug-likeness (QED) is 0.361. The van der Waals surface area contributed by atoms with Gasteiger partial charge in [-0.15, -0.1) is 0 Å². The molecule has 0 spiro atoms. The van der Waals surface area contributed by atoms with E-state index in [1.165, 1.54) is 36.0 Å². The van der Waals surface area contributed by atoms with Crippen LogP contribution in [0.4, 0.5) is 4.79 Å². The summed E-state index contributed by atoms with van der Waals surface area (Å²) in [5.41, 5.74) is 0. The van der Waals surface area contributed by atoms with Gasteiger partial charge in [0, 0.05) is 28.4 Å². The summed E-state index contributed by atoms with van der Waals surface area (Å²) in [7, 11) is 7.82. The van der Waals surface area contributed by atoms with Crippen molar-refractivity contribution in [1.29, 1.82) is 0 Å². The largest absolute Gasteiger partial charge is 0.369 e. The van der Waals surface area contributed by atoms with E-state index in [0.717, 1.165) is 0 Å². The molecular formula is C13H26N4O6. The number of nitrogens with zero attached hydrogens (tertiary/aromatic N) is 4. The van der Waals surface area contributed by atoms with Crippen molar-refractivity contribution in [2.75, 3.05) is 62.4 Å². The van der Waals surface area contributed by atoms with Crippen LogP contribution in [0, 0.1) is 0 Å². The smallest absolute Gasteiger partial charge is 0.326 e. The first-order valence-corrected chi connectivity index (χ1v) is 7.01. The van der Waals surface area contributed by atoms with Crippen LogP contribution in [-0.2, 0) is 23.7 Å². The van der Waals surface area contributed by atoms with Crippen LogP contribution in [0.15, 0.2) is 0 Å². The fraction of sp³-hybridized carbons (Fsp3) is 0.846. The Morgan fingerprint density at radius 3 is 1.91 bits per heavy atom. The monoisotopic (exact) mass is 334 g/mol. The summed E-state index contributed by atoms with van der Waals surface area (Å²) in [4.78, 5) is 30.3. The Morgan fingerprint density at radius 2 is 1.48 bits per heavy atom. The second kappa shape index (κ2) is 9.63. The molecule has 0 saturated carbocycles. The average molecular weight is 334 g/mol. The number of hydrogen-bond acceptors (Lipinski definition) is 7. The Kier molecular flexibility index (Phi) is 8.20. The predicted octanol–water partition coefficient (Wildman–Crippen LogP) is -0.818. The lowest BCUT2D eigenvalue weighted by molar-refractivity contribution is -0.138. The van der Waals surface area contributed by atoms with Crippen LogP contribution in [0.1, 0.15) is 0 Å². The summed E-state index contributed by atoms with van der Waals surface area (Å²) in [6.45, 7) is 0.429. The van der Waals surface area contributed by atoms with Gasteiger partial charge in [-0.05, 0) is 7.05 Å². The van der Waals surface area contributed by atoms with Crippen LogP contribution in [0.3, 0.4) is 0 Å². The van der Waals surface area contributed by atoms with Crippen LogP contribution in [0.25, 0.3) is 0 Å². The van der Waals surface area contributed by atoms with E-state index in [4.69, 9.17) is 18.9 Å². The van der Waals surface area contributed by atoms with Crippen LogP contribution >= 0.6 is 0 Å². The van der Waals surface area contributed by atoms with Gasteiger partial charge in [-0.2, -0.15) is 0 Å². The van der Waals surface area contributed by atoms with Gasteiger partial charge in [-0.25, -0.2) is 4.79 Å². The van der Waals surface area contributed by atoms with E-state index in [2.05, 4.69) is 0 Å². The normalized spacial score (nSPS) is 21.4. The fourth-order valence-corrected chi connectivity index (χ4v) is 2.67. The molecule has 0 aliphatic carbocycles.